The van der Waals surface area contributed by atoms with Gasteiger partial charge < -0.3 is 19.8 Å². The maximum absolute atomic E-state index is 11.8. The summed E-state index contributed by atoms with van der Waals surface area (Å²) in [5.74, 6) is -3.36. The van der Waals surface area contributed by atoms with Gasteiger partial charge in [-0.2, -0.15) is 17.0 Å². The molecule has 0 radical (unpaired) electrons. The van der Waals surface area contributed by atoms with E-state index in [0.29, 0.717) is 4.31 Å². The number of carbonyl (C=O) groups excluding carboxylic acids is 2. The van der Waals surface area contributed by atoms with Crippen molar-refractivity contribution in [2.75, 3.05) is 26.2 Å². The summed E-state index contributed by atoms with van der Waals surface area (Å²) >= 11 is 0. The number of aliphatic carboxylic acids is 2. The van der Waals surface area contributed by atoms with Gasteiger partial charge in [0.1, 0.15) is 0 Å². The largest absolute Gasteiger partial charge is 0.549 e. The van der Waals surface area contributed by atoms with Crippen molar-refractivity contribution in [2.45, 2.75) is 13.8 Å². The Labute approximate surface area is 99.6 Å². The van der Waals surface area contributed by atoms with Gasteiger partial charge in [0.05, 0.1) is 25.0 Å². The Balaban J connectivity index is 5.13. The SMILES string of the molecule is CCN(CC)S(=O)(=O)N(CC(=O)[O-])CC(=O)[O-]. The number of carboxylic acid groups (broad SMARTS) is 2. The Morgan fingerprint density at radius 2 is 1.29 bits per heavy atom. The van der Waals surface area contributed by atoms with Crippen molar-refractivity contribution >= 4 is 22.1 Å². The molecule has 0 aromatic heterocycles. The first-order valence-corrected chi connectivity index (χ1v) is 6.30. The van der Waals surface area contributed by atoms with Crippen LogP contribution >= 0.6 is 0 Å². The standard InChI is InChI=1S/C8H16N2O6S/c1-3-9(4-2)17(15,16)10(5-7(11)12)6-8(13)14/h3-6H2,1-2H3,(H,11,12)(H,13,14)/p-2. The monoisotopic (exact) mass is 266 g/mol. The number of hydrogen-bond acceptors (Lipinski definition) is 6. The number of carboxylic acids is 2. The molecule has 0 spiro atoms. The van der Waals surface area contributed by atoms with E-state index in [1.54, 1.807) is 13.8 Å². The van der Waals surface area contributed by atoms with Crippen molar-refractivity contribution in [3.63, 3.8) is 0 Å². The molecule has 0 atom stereocenters. The summed E-state index contributed by atoms with van der Waals surface area (Å²) in [7, 11) is -4.13. The van der Waals surface area contributed by atoms with E-state index in [1.165, 1.54) is 0 Å². The highest BCUT2D eigenvalue weighted by molar-refractivity contribution is 7.86. The van der Waals surface area contributed by atoms with Gasteiger partial charge in [0.15, 0.2) is 0 Å². The lowest BCUT2D eigenvalue weighted by Crippen LogP contribution is -2.51. The summed E-state index contributed by atoms with van der Waals surface area (Å²) in [5.41, 5.74) is 0. The molecule has 9 heteroatoms. The van der Waals surface area contributed by atoms with Crippen molar-refractivity contribution in [3.05, 3.63) is 0 Å². The smallest absolute Gasteiger partial charge is 0.282 e. The molecule has 0 aliphatic carbocycles. The lowest BCUT2D eigenvalue weighted by Gasteiger charge is -2.28. The molecule has 0 amide bonds. The fraction of sp³-hybridized carbons (Fsp3) is 0.750. The van der Waals surface area contributed by atoms with Gasteiger partial charge in [0.2, 0.25) is 0 Å². The zero-order chi connectivity index (χ0) is 13.6. The molecule has 0 unspecified atom stereocenters. The van der Waals surface area contributed by atoms with Crippen molar-refractivity contribution < 1.29 is 28.2 Å². The molecule has 0 aromatic carbocycles. The minimum absolute atomic E-state index is 0.107. The zero-order valence-electron chi connectivity index (χ0n) is 9.58. The minimum atomic E-state index is -4.13. The summed E-state index contributed by atoms with van der Waals surface area (Å²) in [5, 5.41) is 20.8. The number of carbonyl (C=O) groups is 2. The average Bonchev–Trinajstić information content (AvgIpc) is 2.16. The molecule has 0 aliphatic heterocycles. The Kier molecular flexibility index (Phi) is 6.07. The van der Waals surface area contributed by atoms with Crippen molar-refractivity contribution in [1.82, 2.24) is 8.61 Å². The van der Waals surface area contributed by atoms with Crippen LogP contribution in [0.2, 0.25) is 0 Å². The number of nitrogens with zero attached hydrogens (tertiary/aromatic N) is 2. The Hall–Kier alpha value is -1.19. The predicted octanol–water partition coefficient (Wildman–Crippen LogP) is -3.63. The Morgan fingerprint density at radius 3 is 1.53 bits per heavy atom. The highest BCUT2D eigenvalue weighted by atomic mass is 32.2. The molecule has 0 saturated heterocycles. The third-order valence-corrected chi connectivity index (χ3v) is 4.05. The van der Waals surface area contributed by atoms with Gasteiger partial charge in [-0.3, -0.25) is 0 Å². The normalized spacial score (nSPS) is 12.0. The third kappa shape index (κ3) is 4.67. The van der Waals surface area contributed by atoms with E-state index < -0.39 is 35.2 Å². The van der Waals surface area contributed by atoms with Gasteiger partial charge in [-0.25, -0.2) is 0 Å². The first-order chi connectivity index (χ1) is 7.75. The van der Waals surface area contributed by atoms with E-state index in [1.807, 2.05) is 0 Å². The number of hydrogen-bond donors (Lipinski definition) is 0. The zero-order valence-corrected chi connectivity index (χ0v) is 10.4. The van der Waals surface area contributed by atoms with Crippen molar-refractivity contribution in [1.29, 1.82) is 0 Å². The van der Waals surface area contributed by atoms with Crippen LogP contribution in [0, 0.1) is 0 Å². The summed E-state index contributed by atoms with van der Waals surface area (Å²) in [6.45, 7) is 1.28. The summed E-state index contributed by atoms with van der Waals surface area (Å²) in [4.78, 5) is 20.8. The first-order valence-electron chi connectivity index (χ1n) is 4.90. The van der Waals surface area contributed by atoms with E-state index in [0.717, 1.165) is 4.31 Å². The Morgan fingerprint density at radius 1 is 0.941 bits per heavy atom. The van der Waals surface area contributed by atoms with E-state index in [2.05, 4.69) is 0 Å². The average molecular weight is 266 g/mol. The fourth-order valence-electron chi connectivity index (χ4n) is 1.22. The van der Waals surface area contributed by atoms with Crippen LogP contribution in [0.4, 0.5) is 0 Å². The van der Waals surface area contributed by atoms with E-state index in [9.17, 15) is 28.2 Å². The van der Waals surface area contributed by atoms with Gasteiger partial charge in [0.25, 0.3) is 10.2 Å². The van der Waals surface area contributed by atoms with Crippen molar-refractivity contribution in [2.24, 2.45) is 0 Å². The van der Waals surface area contributed by atoms with Gasteiger partial charge in [-0.15, -0.1) is 0 Å². The lowest BCUT2D eigenvalue weighted by molar-refractivity contribution is -0.308. The molecule has 8 nitrogen and oxygen atoms in total. The van der Waals surface area contributed by atoms with E-state index in [4.69, 9.17) is 0 Å². The molecule has 0 N–H and O–H groups in total. The predicted molar refractivity (Wildman–Crippen MR) is 53.4 cm³/mol. The molecule has 0 aliphatic rings. The van der Waals surface area contributed by atoms with Gasteiger partial charge >= 0.3 is 0 Å². The van der Waals surface area contributed by atoms with Crippen LogP contribution in [0.25, 0.3) is 0 Å². The summed E-state index contributed by atoms with van der Waals surface area (Å²) < 4.78 is 24.9. The quantitative estimate of drug-likeness (QED) is 0.447. The topological polar surface area (TPSA) is 121 Å². The van der Waals surface area contributed by atoms with Crippen LogP contribution in [-0.2, 0) is 19.8 Å². The molecular weight excluding hydrogens is 252 g/mol. The highest BCUT2D eigenvalue weighted by Gasteiger charge is 2.27. The van der Waals surface area contributed by atoms with Crippen LogP contribution in [-0.4, -0.2) is 55.1 Å². The number of rotatable bonds is 8. The Bertz CT molecular complexity index is 359. The molecule has 0 bridgehead atoms. The third-order valence-electron chi connectivity index (χ3n) is 1.97. The van der Waals surface area contributed by atoms with Gasteiger partial charge in [0, 0.05) is 13.1 Å². The van der Waals surface area contributed by atoms with Crippen LogP contribution in [0.3, 0.4) is 0 Å². The summed E-state index contributed by atoms with van der Waals surface area (Å²) in [6, 6.07) is 0. The van der Waals surface area contributed by atoms with Gasteiger partial charge in [-0.1, -0.05) is 13.8 Å². The molecule has 0 aromatic rings. The molecule has 0 heterocycles. The molecule has 17 heavy (non-hydrogen) atoms. The second kappa shape index (κ2) is 6.52. The van der Waals surface area contributed by atoms with E-state index in [-0.39, 0.29) is 13.1 Å². The van der Waals surface area contributed by atoms with Gasteiger partial charge in [-0.05, 0) is 0 Å². The summed E-state index contributed by atoms with van der Waals surface area (Å²) in [6.07, 6.45) is 0. The second-order valence-electron chi connectivity index (χ2n) is 3.10. The first kappa shape index (κ1) is 15.8. The van der Waals surface area contributed by atoms with E-state index >= 15 is 0 Å². The van der Waals surface area contributed by atoms with Crippen LogP contribution in [0.5, 0.6) is 0 Å². The lowest BCUT2D eigenvalue weighted by atomic mass is 10.6. The maximum Gasteiger partial charge on any atom is 0.282 e. The van der Waals surface area contributed by atoms with Crippen LogP contribution in [0.15, 0.2) is 0 Å². The highest BCUT2D eigenvalue weighted by Crippen LogP contribution is 2.07. The van der Waals surface area contributed by atoms with Crippen LogP contribution in [0.1, 0.15) is 13.8 Å². The molecular formula is C8H14N2O6S-2. The molecule has 0 rings (SSSR count). The second-order valence-corrected chi connectivity index (χ2v) is 5.03. The molecule has 0 saturated carbocycles. The fourth-order valence-corrected chi connectivity index (χ4v) is 2.74. The molecule has 0 fully saturated rings. The molecule has 100 valence electrons. The van der Waals surface area contributed by atoms with Crippen molar-refractivity contribution in [3.8, 4) is 0 Å². The van der Waals surface area contributed by atoms with Crippen LogP contribution < -0.4 is 10.2 Å². The minimum Gasteiger partial charge on any atom is -0.549 e. The maximum atomic E-state index is 11.8.